The zero-order chi connectivity index (χ0) is 13.7. The maximum Gasteiger partial charge on any atom is 0.193 e. The molecule has 0 saturated carbocycles. The Morgan fingerprint density at radius 2 is 2.21 bits per heavy atom. The van der Waals surface area contributed by atoms with Gasteiger partial charge in [-0.25, -0.2) is 4.99 Å². The van der Waals surface area contributed by atoms with Gasteiger partial charge in [-0.2, -0.15) is 0 Å². The van der Waals surface area contributed by atoms with Crippen LogP contribution in [0.3, 0.4) is 0 Å². The molecule has 0 amide bonds. The van der Waals surface area contributed by atoms with Gasteiger partial charge < -0.3 is 11.1 Å². The molecule has 0 spiro atoms. The van der Waals surface area contributed by atoms with Crippen LogP contribution in [0.15, 0.2) is 40.7 Å². The third-order valence-corrected chi connectivity index (χ3v) is 3.81. The topological polar surface area (TPSA) is 50.4 Å². The van der Waals surface area contributed by atoms with Crippen molar-refractivity contribution in [2.24, 2.45) is 10.7 Å². The van der Waals surface area contributed by atoms with Gasteiger partial charge in [-0.15, -0.1) is 11.3 Å². The van der Waals surface area contributed by atoms with Gasteiger partial charge in [0.1, 0.15) is 0 Å². The summed E-state index contributed by atoms with van der Waals surface area (Å²) in [6.45, 7) is 4.86. The van der Waals surface area contributed by atoms with E-state index < -0.39 is 0 Å². The normalized spacial score (nSPS) is 11.6. The minimum absolute atomic E-state index is 0.459. The van der Waals surface area contributed by atoms with E-state index in [0.29, 0.717) is 12.5 Å². The molecule has 2 aromatic rings. The molecule has 1 aromatic heterocycles. The molecule has 0 aliphatic rings. The lowest BCUT2D eigenvalue weighted by Gasteiger charge is -2.10. The van der Waals surface area contributed by atoms with E-state index in [1.165, 1.54) is 16.0 Å². The van der Waals surface area contributed by atoms with Crippen LogP contribution in [0.25, 0.3) is 0 Å². The SMILES string of the molecule is CCc1ccc(NC(N)=NCc2cccs2)c(C)c1. The average molecular weight is 273 g/mol. The zero-order valence-electron chi connectivity index (χ0n) is 11.3. The molecule has 19 heavy (non-hydrogen) atoms. The Bertz CT molecular complexity index is 559. The van der Waals surface area contributed by atoms with Gasteiger partial charge in [-0.3, -0.25) is 0 Å². The molecule has 0 unspecified atom stereocenters. The van der Waals surface area contributed by atoms with Crippen molar-refractivity contribution in [1.82, 2.24) is 0 Å². The van der Waals surface area contributed by atoms with Crippen LogP contribution in [0.5, 0.6) is 0 Å². The molecule has 0 aliphatic carbocycles. The Balaban J connectivity index is 2.02. The van der Waals surface area contributed by atoms with Gasteiger partial charge in [0.25, 0.3) is 0 Å². The number of anilines is 1. The summed E-state index contributed by atoms with van der Waals surface area (Å²) in [5.74, 6) is 0.459. The highest BCUT2D eigenvalue weighted by Gasteiger charge is 2.01. The van der Waals surface area contributed by atoms with Crippen molar-refractivity contribution in [2.45, 2.75) is 26.8 Å². The smallest absolute Gasteiger partial charge is 0.193 e. The second-order valence-electron chi connectivity index (χ2n) is 4.41. The van der Waals surface area contributed by atoms with Crippen LogP contribution >= 0.6 is 11.3 Å². The monoisotopic (exact) mass is 273 g/mol. The fourth-order valence-electron chi connectivity index (χ4n) is 1.83. The van der Waals surface area contributed by atoms with Gasteiger partial charge in [-0.05, 0) is 42.0 Å². The van der Waals surface area contributed by atoms with Crippen LogP contribution in [0.4, 0.5) is 5.69 Å². The van der Waals surface area contributed by atoms with Crippen molar-refractivity contribution < 1.29 is 0 Å². The Labute approximate surface area is 118 Å². The highest BCUT2D eigenvalue weighted by Crippen LogP contribution is 2.16. The molecule has 3 nitrogen and oxygen atoms in total. The first-order chi connectivity index (χ1) is 9.19. The van der Waals surface area contributed by atoms with E-state index >= 15 is 0 Å². The molecule has 3 N–H and O–H groups in total. The van der Waals surface area contributed by atoms with Crippen LogP contribution in [0.1, 0.15) is 22.9 Å². The van der Waals surface area contributed by atoms with E-state index in [9.17, 15) is 0 Å². The molecule has 100 valence electrons. The van der Waals surface area contributed by atoms with Gasteiger partial charge in [0.05, 0.1) is 6.54 Å². The highest BCUT2D eigenvalue weighted by molar-refractivity contribution is 7.09. The summed E-state index contributed by atoms with van der Waals surface area (Å²) in [4.78, 5) is 5.55. The lowest BCUT2D eigenvalue weighted by molar-refractivity contribution is 1.09. The molecule has 0 radical (unpaired) electrons. The van der Waals surface area contributed by atoms with E-state index in [2.05, 4.69) is 48.4 Å². The van der Waals surface area contributed by atoms with Crippen molar-refractivity contribution in [3.63, 3.8) is 0 Å². The zero-order valence-corrected chi connectivity index (χ0v) is 12.1. The first kappa shape index (κ1) is 13.6. The molecule has 0 saturated heterocycles. The summed E-state index contributed by atoms with van der Waals surface area (Å²) < 4.78 is 0. The second-order valence-corrected chi connectivity index (χ2v) is 5.44. The van der Waals surface area contributed by atoms with Crippen LogP contribution < -0.4 is 11.1 Å². The van der Waals surface area contributed by atoms with Crippen molar-refractivity contribution in [1.29, 1.82) is 0 Å². The van der Waals surface area contributed by atoms with Crippen LogP contribution in [0.2, 0.25) is 0 Å². The third kappa shape index (κ3) is 3.83. The van der Waals surface area contributed by atoms with Crippen LogP contribution in [-0.2, 0) is 13.0 Å². The molecule has 4 heteroatoms. The lowest BCUT2D eigenvalue weighted by Crippen LogP contribution is -2.23. The Hall–Kier alpha value is -1.81. The average Bonchev–Trinajstić information content (AvgIpc) is 2.92. The quantitative estimate of drug-likeness (QED) is 0.661. The fraction of sp³-hybridized carbons (Fsp3) is 0.267. The molecule has 2 rings (SSSR count). The van der Waals surface area contributed by atoms with Crippen molar-refractivity contribution in [2.75, 3.05) is 5.32 Å². The van der Waals surface area contributed by atoms with Crippen LogP contribution in [-0.4, -0.2) is 5.96 Å². The molecule has 0 bridgehead atoms. The molecule has 1 aromatic carbocycles. The molecule has 0 aliphatic heterocycles. The Morgan fingerprint density at radius 1 is 1.37 bits per heavy atom. The van der Waals surface area contributed by atoms with Crippen LogP contribution in [0, 0.1) is 6.92 Å². The largest absolute Gasteiger partial charge is 0.370 e. The Kier molecular flexibility index (Phi) is 4.58. The van der Waals surface area contributed by atoms with E-state index in [-0.39, 0.29) is 0 Å². The van der Waals surface area contributed by atoms with Gasteiger partial charge in [0, 0.05) is 10.6 Å². The van der Waals surface area contributed by atoms with Crippen molar-refractivity contribution in [3.8, 4) is 0 Å². The summed E-state index contributed by atoms with van der Waals surface area (Å²) in [6.07, 6.45) is 1.04. The van der Waals surface area contributed by atoms with Gasteiger partial charge in [-0.1, -0.05) is 25.1 Å². The number of guanidine groups is 1. The number of rotatable bonds is 4. The Morgan fingerprint density at radius 3 is 2.84 bits per heavy atom. The number of hydrogen-bond donors (Lipinski definition) is 2. The van der Waals surface area contributed by atoms with E-state index in [1.807, 2.05) is 11.4 Å². The molecular weight excluding hydrogens is 254 g/mol. The maximum absolute atomic E-state index is 5.91. The summed E-state index contributed by atoms with van der Waals surface area (Å²) >= 11 is 1.69. The number of hydrogen-bond acceptors (Lipinski definition) is 2. The summed E-state index contributed by atoms with van der Waals surface area (Å²) in [5, 5.41) is 5.20. The number of aliphatic imine (C=N–C) groups is 1. The number of aryl methyl sites for hydroxylation is 2. The summed E-state index contributed by atoms with van der Waals surface area (Å²) in [6, 6.07) is 10.4. The first-order valence-corrected chi connectivity index (χ1v) is 7.26. The van der Waals surface area contributed by atoms with Crippen molar-refractivity contribution in [3.05, 3.63) is 51.7 Å². The minimum Gasteiger partial charge on any atom is -0.370 e. The third-order valence-electron chi connectivity index (χ3n) is 2.95. The first-order valence-electron chi connectivity index (χ1n) is 6.38. The minimum atomic E-state index is 0.459. The standard InChI is InChI=1S/C15H19N3S/c1-3-12-6-7-14(11(2)9-12)18-15(16)17-10-13-5-4-8-19-13/h4-9H,3,10H2,1-2H3,(H3,16,17,18). The molecular formula is C15H19N3S. The van der Waals surface area contributed by atoms with E-state index in [1.54, 1.807) is 11.3 Å². The number of thiophene rings is 1. The summed E-state index contributed by atoms with van der Waals surface area (Å²) in [5.41, 5.74) is 9.44. The van der Waals surface area contributed by atoms with E-state index in [4.69, 9.17) is 5.73 Å². The molecule has 0 atom stereocenters. The summed E-state index contributed by atoms with van der Waals surface area (Å²) in [7, 11) is 0. The maximum atomic E-state index is 5.91. The van der Waals surface area contributed by atoms with Crippen molar-refractivity contribution >= 4 is 23.0 Å². The van der Waals surface area contributed by atoms with E-state index in [0.717, 1.165) is 12.1 Å². The molecule has 0 fully saturated rings. The predicted octanol–water partition coefficient (Wildman–Crippen LogP) is 3.55. The fourth-order valence-corrected chi connectivity index (χ4v) is 2.46. The number of nitrogens with zero attached hydrogens (tertiary/aromatic N) is 1. The van der Waals surface area contributed by atoms with Gasteiger partial charge in [0.15, 0.2) is 5.96 Å². The second kappa shape index (κ2) is 6.38. The number of benzene rings is 1. The number of nitrogens with one attached hydrogen (secondary N) is 1. The number of nitrogens with two attached hydrogens (primary N) is 1. The highest BCUT2D eigenvalue weighted by atomic mass is 32.1. The predicted molar refractivity (Wildman–Crippen MR) is 83.8 cm³/mol. The molecule has 1 heterocycles. The van der Waals surface area contributed by atoms with Gasteiger partial charge in [0.2, 0.25) is 0 Å². The lowest BCUT2D eigenvalue weighted by atomic mass is 10.1. The van der Waals surface area contributed by atoms with Gasteiger partial charge >= 0.3 is 0 Å².